The Bertz CT molecular complexity index is 354. The van der Waals surface area contributed by atoms with Crippen molar-refractivity contribution < 1.29 is 22.7 Å². The Balaban J connectivity index is 2.97. The second kappa shape index (κ2) is 6.93. The van der Waals surface area contributed by atoms with Crippen LogP contribution < -0.4 is 5.73 Å². The van der Waals surface area contributed by atoms with Gasteiger partial charge in [0.25, 0.3) is 0 Å². The highest BCUT2D eigenvalue weighted by atomic mass is 19.4. The first-order chi connectivity index (χ1) is 8.89. The number of hydrogen-bond acceptors (Lipinski definition) is 4. The highest BCUT2D eigenvalue weighted by molar-refractivity contribution is 5.08. The van der Waals surface area contributed by atoms with E-state index in [-0.39, 0.29) is 13.2 Å². The number of aliphatic hydroxyl groups excluding tert-OH is 1. The van der Waals surface area contributed by atoms with E-state index in [1.165, 1.54) is 6.26 Å². The van der Waals surface area contributed by atoms with Gasteiger partial charge in [0.1, 0.15) is 5.76 Å². The van der Waals surface area contributed by atoms with Crippen molar-refractivity contribution in [1.82, 2.24) is 4.90 Å². The van der Waals surface area contributed by atoms with E-state index in [0.29, 0.717) is 12.2 Å². The summed E-state index contributed by atoms with van der Waals surface area (Å²) in [7, 11) is 0. The Morgan fingerprint density at radius 2 is 2.16 bits per heavy atom. The predicted octanol–water partition coefficient (Wildman–Crippen LogP) is 1.91. The molecule has 1 aromatic heterocycles. The fourth-order valence-corrected chi connectivity index (χ4v) is 2.02. The molecule has 0 saturated carbocycles. The summed E-state index contributed by atoms with van der Waals surface area (Å²) in [5, 5.41) is 8.95. The maximum atomic E-state index is 12.6. The zero-order chi connectivity index (χ0) is 14.5. The van der Waals surface area contributed by atoms with Gasteiger partial charge in [0.15, 0.2) is 0 Å². The van der Waals surface area contributed by atoms with Crippen molar-refractivity contribution >= 4 is 0 Å². The molecule has 1 heterocycles. The monoisotopic (exact) mass is 280 g/mol. The predicted molar refractivity (Wildman–Crippen MR) is 64.4 cm³/mol. The Labute approximate surface area is 110 Å². The van der Waals surface area contributed by atoms with Gasteiger partial charge in [0.2, 0.25) is 0 Å². The molecule has 2 unspecified atom stereocenters. The van der Waals surface area contributed by atoms with Gasteiger partial charge in [0.05, 0.1) is 25.5 Å². The van der Waals surface area contributed by atoms with Crippen LogP contribution in [0.2, 0.25) is 0 Å². The summed E-state index contributed by atoms with van der Waals surface area (Å²) in [6.45, 7) is 0.181. The van der Waals surface area contributed by atoms with Crippen molar-refractivity contribution in [2.45, 2.75) is 31.6 Å². The lowest BCUT2D eigenvalue weighted by Crippen LogP contribution is -2.46. The minimum absolute atomic E-state index is 0.113. The number of nitrogens with zero attached hydrogens (tertiary/aromatic N) is 1. The topological polar surface area (TPSA) is 62.6 Å². The first-order valence-corrected chi connectivity index (χ1v) is 6.09. The summed E-state index contributed by atoms with van der Waals surface area (Å²) in [6, 6.07) is 2.00. The minimum Gasteiger partial charge on any atom is -0.468 e. The van der Waals surface area contributed by atoms with Gasteiger partial charge in [-0.25, -0.2) is 0 Å². The molecule has 1 aromatic rings. The van der Waals surface area contributed by atoms with E-state index in [9.17, 15) is 13.2 Å². The number of hydrogen-bond donors (Lipinski definition) is 2. The third-order valence-electron chi connectivity index (χ3n) is 2.87. The van der Waals surface area contributed by atoms with Crippen LogP contribution in [0.3, 0.4) is 0 Å². The van der Waals surface area contributed by atoms with E-state index in [4.69, 9.17) is 15.3 Å². The molecule has 0 aromatic carbocycles. The molecule has 0 bridgehead atoms. The third-order valence-corrected chi connectivity index (χ3v) is 2.87. The van der Waals surface area contributed by atoms with Crippen LogP contribution in [-0.4, -0.2) is 41.9 Å². The first kappa shape index (κ1) is 16.0. The standard InChI is InChI=1S/C12H19F3N2O2/c1-2-9(16)11(10-4-3-7-19-10)17(5-6-18)8-12(13,14)15/h3-4,7,9,11,18H,2,5-6,8,16H2,1H3. The second-order valence-corrected chi connectivity index (χ2v) is 4.34. The highest BCUT2D eigenvalue weighted by Crippen LogP contribution is 2.28. The van der Waals surface area contributed by atoms with Crippen LogP contribution >= 0.6 is 0 Å². The first-order valence-electron chi connectivity index (χ1n) is 6.09. The molecule has 19 heavy (non-hydrogen) atoms. The van der Waals surface area contributed by atoms with Crippen LogP contribution in [-0.2, 0) is 0 Å². The zero-order valence-electron chi connectivity index (χ0n) is 10.7. The van der Waals surface area contributed by atoms with Crippen LogP contribution in [0.15, 0.2) is 22.8 Å². The second-order valence-electron chi connectivity index (χ2n) is 4.34. The van der Waals surface area contributed by atoms with Gasteiger partial charge in [-0.3, -0.25) is 4.90 Å². The molecule has 1 rings (SSSR count). The molecule has 0 amide bonds. The summed E-state index contributed by atoms with van der Waals surface area (Å²) < 4.78 is 43.0. The summed E-state index contributed by atoms with van der Waals surface area (Å²) in [6.07, 6.45) is -2.45. The van der Waals surface area contributed by atoms with Crippen LogP contribution in [0, 0.1) is 0 Å². The zero-order valence-corrected chi connectivity index (χ0v) is 10.7. The molecule has 7 heteroatoms. The van der Waals surface area contributed by atoms with Crippen molar-refractivity contribution in [1.29, 1.82) is 0 Å². The fraction of sp³-hybridized carbons (Fsp3) is 0.667. The average molecular weight is 280 g/mol. The summed E-state index contributed by atoms with van der Waals surface area (Å²) >= 11 is 0. The molecule has 0 aliphatic heterocycles. The Kier molecular flexibility index (Phi) is 5.84. The number of furan rings is 1. The van der Waals surface area contributed by atoms with E-state index in [2.05, 4.69) is 0 Å². The number of halogens is 3. The number of aliphatic hydroxyl groups is 1. The van der Waals surface area contributed by atoms with Gasteiger partial charge < -0.3 is 15.3 Å². The van der Waals surface area contributed by atoms with Gasteiger partial charge in [-0.1, -0.05) is 6.92 Å². The molecular formula is C12H19F3N2O2. The smallest absolute Gasteiger partial charge is 0.401 e. The van der Waals surface area contributed by atoms with E-state index >= 15 is 0 Å². The molecule has 2 atom stereocenters. The van der Waals surface area contributed by atoms with Crippen LogP contribution in [0.4, 0.5) is 13.2 Å². The van der Waals surface area contributed by atoms with Gasteiger partial charge >= 0.3 is 6.18 Å². The maximum Gasteiger partial charge on any atom is 0.401 e. The highest BCUT2D eigenvalue weighted by Gasteiger charge is 2.37. The van der Waals surface area contributed by atoms with Gasteiger partial charge in [-0.15, -0.1) is 0 Å². The van der Waals surface area contributed by atoms with E-state index in [0.717, 1.165) is 4.90 Å². The number of alkyl halides is 3. The third kappa shape index (κ3) is 4.85. The molecule has 0 aliphatic rings. The lowest BCUT2D eigenvalue weighted by Gasteiger charge is -2.33. The Morgan fingerprint density at radius 1 is 1.47 bits per heavy atom. The molecule has 4 nitrogen and oxygen atoms in total. The molecule has 110 valence electrons. The van der Waals surface area contributed by atoms with Gasteiger partial charge in [-0.2, -0.15) is 13.2 Å². The molecule has 0 fully saturated rings. The van der Waals surface area contributed by atoms with E-state index in [1.54, 1.807) is 19.1 Å². The molecular weight excluding hydrogens is 261 g/mol. The summed E-state index contributed by atoms with van der Waals surface area (Å²) in [5.74, 6) is 0.382. The normalized spacial score (nSPS) is 15.7. The Hall–Kier alpha value is -1.05. The van der Waals surface area contributed by atoms with Crippen LogP contribution in [0.5, 0.6) is 0 Å². The summed E-state index contributed by atoms with van der Waals surface area (Å²) in [4.78, 5) is 1.10. The van der Waals surface area contributed by atoms with Crippen LogP contribution in [0.25, 0.3) is 0 Å². The van der Waals surface area contributed by atoms with Crippen molar-refractivity contribution in [3.8, 4) is 0 Å². The maximum absolute atomic E-state index is 12.6. The van der Waals surface area contributed by atoms with E-state index in [1.807, 2.05) is 0 Å². The minimum atomic E-state index is -4.35. The van der Waals surface area contributed by atoms with Crippen LogP contribution in [0.1, 0.15) is 25.1 Å². The molecule has 3 N–H and O–H groups in total. The van der Waals surface area contributed by atoms with Gasteiger partial charge in [0, 0.05) is 12.6 Å². The van der Waals surface area contributed by atoms with E-state index < -0.39 is 24.8 Å². The SMILES string of the molecule is CCC(N)C(c1ccco1)N(CCO)CC(F)(F)F. The quantitative estimate of drug-likeness (QED) is 0.801. The van der Waals surface area contributed by atoms with Crippen molar-refractivity contribution in [3.05, 3.63) is 24.2 Å². The molecule has 0 saturated heterocycles. The largest absolute Gasteiger partial charge is 0.468 e. The molecule has 0 spiro atoms. The average Bonchev–Trinajstić information content (AvgIpc) is 2.80. The molecule has 0 radical (unpaired) electrons. The Morgan fingerprint density at radius 3 is 2.58 bits per heavy atom. The lowest BCUT2D eigenvalue weighted by atomic mass is 10.0. The fourth-order valence-electron chi connectivity index (χ4n) is 2.02. The van der Waals surface area contributed by atoms with Crippen molar-refractivity contribution in [2.24, 2.45) is 5.73 Å². The van der Waals surface area contributed by atoms with Crippen molar-refractivity contribution in [2.75, 3.05) is 19.7 Å². The van der Waals surface area contributed by atoms with Gasteiger partial charge in [-0.05, 0) is 18.6 Å². The number of nitrogens with two attached hydrogens (primary N) is 1. The van der Waals surface area contributed by atoms with Crippen molar-refractivity contribution in [3.63, 3.8) is 0 Å². The lowest BCUT2D eigenvalue weighted by molar-refractivity contribution is -0.154. The molecule has 0 aliphatic carbocycles. The summed E-state index contributed by atoms with van der Waals surface area (Å²) in [5.41, 5.74) is 5.91. The number of rotatable bonds is 7.